The molecule has 0 saturated carbocycles. The van der Waals surface area contributed by atoms with Crippen LogP contribution in [0.1, 0.15) is 11.4 Å². The average molecular weight is 239 g/mol. The molecule has 2 rings (SSSR count). The molecule has 18 heavy (non-hydrogen) atoms. The summed E-state index contributed by atoms with van der Waals surface area (Å²) < 4.78 is 1.78. The highest BCUT2D eigenvalue weighted by Gasteiger charge is 2.02. The van der Waals surface area contributed by atoms with Crippen molar-refractivity contribution >= 4 is 11.4 Å². The van der Waals surface area contributed by atoms with Gasteiger partial charge in [0, 0.05) is 13.2 Å². The number of hydrogen-bond acceptors (Lipinski definition) is 4. The monoisotopic (exact) mass is 239 g/mol. The average Bonchev–Trinajstić information content (AvgIpc) is 2.36. The number of rotatable bonds is 1. The highest BCUT2D eigenvalue weighted by Crippen LogP contribution is 2.19. The van der Waals surface area contributed by atoms with Gasteiger partial charge in [0.15, 0.2) is 5.49 Å². The van der Waals surface area contributed by atoms with Crippen LogP contribution in [0.3, 0.4) is 0 Å². The first-order valence-electron chi connectivity index (χ1n) is 5.45. The van der Waals surface area contributed by atoms with Crippen LogP contribution in [0.25, 0.3) is 0 Å². The van der Waals surface area contributed by atoms with Gasteiger partial charge in [0.05, 0.1) is 11.4 Å². The maximum atomic E-state index is 9.09. The molecule has 0 aliphatic carbocycles. The number of nitrogens with two attached hydrogens (primary N) is 1. The minimum Gasteiger partial charge on any atom is -0.397 e. The molecule has 0 bridgehead atoms. The predicted molar refractivity (Wildman–Crippen MR) is 68.7 cm³/mol. The van der Waals surface area contributed by atoms with Gasteiger partial charge in [0.25, 0.3) is 0 Å². The molecule has 0 aliphatic heterocycles. The Balaban J connectivity index is 2.69. The van der Waals surface area contributed by atoms with Crippen LogP contribution in [0.4, 0.5) is 11.4 Å². The van der Waals surface area contributed by atoms with E-state index in [1.54, 1.807) is 22.9 Å². The lowest BCUT2D eigenvalue weighted by Crippen LogP contribution is -2.18. The Morgan fingerprint density at radius 2 is 2.11 bits per heavy atom. The zero-order valence-electron chi connectivity index (χ0n) is 10.3. The van der Waals surface area contributed by atoms with E-state index in [-0.39, 0.29) is 0 Å². The summed E-state index contributed by atoms with van der Waals surface area (Å²) >= 11 is 0. The molecule has 0 amide bonds. The number of nitriles is 1. The summed E-state index contributed by atoms with van der Waals surface area (Å²) in [5.74, 6) is 0.780. The first-order valence-corrected chi connectivity index (χ1v) is 5.45. The largest absolute Gasteiger partial charge is 0.397 e. The Kier molecular flexibility index (Phi) is 3.11. The van der Waals surface area contributed by atoms with Crippen LogP contribution >= 0.6 is 0 Å². The number of para-hydroxylation sites is 2. The van der Waals surface area contributed by atoms with Crippen molar-refractivity contribution in [2.45, 2.75) is 6.92 Å². The summed E-state index contributed by atoms with van der Waals surface area (Å²) in [7, 11) is 1.84. The number of aryl methyl sites for hydroxylation is 2. The number of anilines is 1. The highest BCUT2D eigenvalue weighted by molar-refractivity contribution is 5.61. The minimum absolute atomic E-state index is 0.394. The Bertz CT molecular complexity index is 691. The Morgan fingerprint density at radius 3 is 2.78 bits per heavy atom. The molecule has 0 unspecified atom stereocenters. The van der Waals surface area contributed by atoms with Gasteiger partial charge < -0.3 is 10.3 Å². The smallest absolute Gasteiger partial charge is 0.173 e. The second-order valence-corrected chi connectivity index (χ2v) is 3.92. The van der Waals surface area contributed by atoms with E-state index in [0.29, 0.717) is 22.4 Å². The molecule has 0 aliphatic rings. The number of nitrogens with zero attached hydrogens (tertiary/aromatic N) is 4. The standard InChI is InChI=1S/C13H13N5/c1-9-16-13(10(7-14)8-18(9)2)17-12-6-4-3-5-11(12)15/h3-6,8H,15H2,1-2H3. The number of aromatic nitrogens is 2. The van der Waals surface area contributed by atoms with Gasteiger partial charge in [-0.25, -0.2) is 9.98 Å². The molecular formula is C13H13N5. The second kappa shape index (κ2) is 4.72. The predicted octanol–water partition coefficient (Wildman–Crippen LogP) is 1.41. The van der Waals surface area contributed by atoms with E-state index in [9.17, 15) is 0 Å². The van der Waals surface area contributed by atoms with E-state index in [1.807, 2.05) is 26.1 Å². The summed E-state index contributed by atoms with van der Waals surface area (Å²) in [5.41, 5.74) is 7.82. The maximum absolute atomic E-state index is 9.09. The molecule has 0 radical (unpaired) electrons. The molecule has 0 saturated heterocycles. The van der Waals surface area contributed by atoms with Crippen molar-refractivity contribution in [1.29, 1.82) is 5.26 Å². The summed E-state index contributed by atoms with van der Waals surface area (Å²) in [5, 5.41) is 9.09. The molecule has 2 N–H and O–H groups in total. The van der Waals surface area contributed by atoms with Crippen molar-refractivity contribution in [3.8, 4) is 6.07 Å². The summed E-state index contributed by atoms with van der Waals surface area (Å²) in [4.78, 5) is 8.64. The molecule has 0 spiro atoms. The third-order valence-electron chi connectivity index (χ3n) is 2.63. The molecule has 5 heteroatoms. The molecule has 0 atom stereocenters. The minimum atomic E-state index is 0.394. The van der Waals surface area contributed by atoms with Crippen molar-refractivity contribution in [2.24, 2.45) is 12.0 Å². The molecule has 90 valence electrons. The Hall–Kier alpha value is -2.61. The van der Waals surface area contributed by atoms with Crippen LogP contribution in [0.15, 0.2) is 35.5 Å². The van der Waals surface area contributed by atoms with Gasteiger partial charge >= 0.3 is 0 Å². The first-order chi connectivity index (χ1) is 8.61. The maximum Gasteiger partial charge on any atom is 0.173 e. The van der Waals surface area contributed by atoms with Gasteiger partial charge in [0.2, 0.25) is 0 Å². The summed E-state index contributed by atoms with van der Waals surface area (Å²) in [6.45, 7) is 1.86. The number of hydrogen-bond donors (Lipinski definition) is 1. The van der Waals surface area contributed by atoms with E-state index in [0.717, 1.165) is 5.82 Å². The zero-order valence-corrected chi connectivity index (χ0v) is 10.3. The van der Waals surface area contributed by atoms with Crippen molar-refractivity contribution < 1.29 is 0 Å². The normalized spacial score (nSPS) is 11.3. The van der Waals surface area contributed by atoms with Gasteiger partial charge in [-0.05, 0) is 19.1 Å². The molecule has 2 aromatic rings. The second-order valence-electron chi connectivity index (χ2n) is 3.92. The van der Waals surface area contributed by atoms with Crippen LogP contribution in [-0.2, 0) is 7.05 Å². The molecule has 1 aromatic heterocycles. The molecule has 5 nitrogen and oxygen atoms in total. The van der Waals surface area contributed by atoms with Crippen LogP contribution < -0.4 is 11.2 Å². The molecule has 1 aromatic carbocycles. The third kappa shape index (κ3) is 2.23. The quantitative estimate of drug-likeness (QED) is 0.764. The molecular weight excluding hydrogens is 226 g/mol. The molecule has 1 heterocycles. The lowest BCUT2D eigenvalue weighted by atomic mass is 10.3. The molecule has 0 fully saturated rings. The van der Waals surface area contributed by atoms with Gasteiger partial charge in [0.1, 0.15) is 17.5 Å². The van der Waals surface area contributed by atoms with E-state index in [2.05, 4.69) is 16.0 Å². The van der Waals surface area contributed by atoms with E-state index in [4.69, 9.17) is 11.0 Å². The van der Waals surface area contributed by atoms with Crippen molar-refractivity contribution in [3.63, 3.8) is 0 Å². The zero-order chi connectivity index (χ0) is 13.1. The van der Waals surface area contributed by atoms with Gasteiger partial charge in [-0.3, -0.25) is 0 Å². The Labute approximate surface area is 105 Å². The third-order valence-corrected chi connectivity index (χ3v) is 2.63. The van der Waals surface area contributed by atoms with E-state index >= 15 is 0 Å². The van der Waals surface area contributed by atoms with Crippen molar-refractivity contribution in [1.82, 2.24) is 9.55 Å². The fraction of sp³-hybridized carbons (Fsp3) is 0.154. The highest BCUT2D eigenvalue weighted by atomic mass is 15.0. The Morgan fingerprint density at radius 1 is 1.39 bits per heavy atom. The number of nitrogen functional groups attached to an aromatic ring is 1. The van der Waals surface area contributed by atoms with Crippen LogP contribution in [0.5, 0.6) is 0 Å². The van der Waals surface area contributed by atoms with Crippen LogP contribution in [0.2, 0.25) is 0 Å². The van der Waals surface area contributed by atoms with E-state index in [1.165, 1.54) is 0 Å². The topological polar surface area (TPSA) is 80.0 Å². The van der Waals surface area contributed by atoms with Crippen LogP contribution in [0, 0.1) is 18.3 Å². The fourth-order valence-electron chi connectivity index (χ4n) is 1.50. The fourth-order valence-corrected chi connectivity index (χ4v) is 1.50. The van der Waals surface area contributed by atoms with E-state index < -0.39 is 0 Å². The lowest BCUT2D eigenvalue weighted by Gasteiger charge is -2.04. The van der Waals surface area contributed by atoms with Gasteiger partial charge in [-0.1, -0.05) is 12.1 Å². The summed E-state index contributed by atoms with van der Waals surface area (Å²) in [6, 6.07) is 9.32. The van der Waals surface area contributed by atoms with Crippen molar-refractivity contribution in [2.75, 3.05) is 5.73 Å². The van der Waals surface area contributed by atoms with Gasteiger partial charge in [-0.15, -0.1) is 0 Å². The SMILES string of the molecule is Cc1nc(=Nc2ccccc2N)c(C#N)cn1C. The first kappa shape index (κ1) is 11.9. The van der Waals surface area contributed by atoms with Gasteiger partial charge in [-0.2, -0.15) is 5.26 Å². The van der Waals surface area contributed by atoms with Crippen LogP contribution in [-0.4, -0.2) is 9.55 Å². The lowest BCUT2D eigenvalue weighted by molar-refractivity contribution is 0.787. The van der Waals surface area contributed by atoms with Crippen molar-refractivity contribution in [3.05, 3.63) is 47.3 Å². The summed E-state index contributed by atoms with van der Waals surface area (Å²) in [6.07, 6.45) is 1.71. The number of benzene rings is 1.